The van der Waals surface area contributed by atoms with Crippen LogP contribution in [0.15, 0.2) is 30.3 Å². The van der Waals surface area contributed by atoms with Gasteiger partial charge in [-0.2, -0.15) is 0 Å². The van der Waals surface area contributed by atoms with Crippen molar-refractivity contribution >= 4 is 6.03 Å². The fraction of sp³-hybridized carbons (Fsp3) is 0.588. The van der Waals surface area contributed by atoms with Crippen LogP contribution in [-0.2, 0) is 0 Å². The lowest BCUT2D eigenvalue weighted by atomic mass is 9.94. The first kappa shape index (κ1) is 17.5. The molecule has 0 aliphatic rings. The number of nitrogens with one attached hydrogen (secondary N) is 1. The number of rotatable bonds is 6. The summed E-state index contributed by atoms with van der Waals surface area (Å²) >= 11 is 0. The Kier molecular flexibility index (Phi) is 6.69. The van der Waals surface area contributed by atoms with Gasteiger partial charge in [0.05, 0.1) is 6.10 Å². The van der Waals surface area contributed by atoms with E-state index in [0.717, 1.165) is 0 Å². The standard InChI is InChI=1S/C17H28N2O2/c1-12(2)19(11-13(3)20)17(21)18-15(5)14(4)16-9-7-6-8-10-16/h6-10,12-15,20H,11H2,1-5H3,(H,18,21). The average molecular weight is 292 g/mol. The van der Waals surface area contributed by atoms with Crippen LogP contribution in [0.5, 0.6) is 0 Å². The lowest BCUT2D eigenvalue weighted by molar-refractivity contribution is 0.117. The number of carbonyl (C=O) groups is 1. The van der Waals surface area contributed by atoms with Gasteiger partial charge in [0.25, 0.3) is 0 Å². The van der Waals surface area contributed by atoms with Crippen LogP contribution in [0.1, 0.15) is 46.1 Å². The molecule has 3 unspecified atom stereocenters. The predicted octanol–water partition coefficient (Wildman–Crippen LogP) is 2.98. The van der Waals surface area contributed by atoms with Crippen LogP contribution in [-0.4, -0.2) is 40.8 Å². The van der Waals surface area contributed by atoms with Gasteiger partial charge in [-0.3, -0.25) is 0 Å². The van der Waals surface area contributed by atoms with Crippen LogP contribution >= 0.6 is 0 Å². The number of nitrogens with zero attached hydrogens (tertiary/aromatic N) is 1. The van der Waals surface area contributed by atoms with E-state index in [1.165, 1.54) is 5.56 Å². The van der Waals surface area contributed by atoms with E-state index >= 15 is 0 Å². The molecule has 0 heterocycles. The fourth-order valence-corrected chi connectivity index (χ4v) is 2.26. The summed E-state index contributed by atoms with van der Waals surface area (Å²) in [5.74, 6) is 0.232. The maximum absolute atomic E-state index is 12.4. The summed E-state index contributed by atoms with van der Waals surface area (Å²) in [4.78, 5) is 14.0. The SMILES string of the molecule is CC(O)CN(C(=O)NC(C)C(C)c1ccccc1)C(C)C. The van der Waals surface area contributed by atoms with E-state index in [-0.39, 0.29) is 24.0 Å². The molecule has 0 saturated heterocycles. The summed E-state index contributed by atoms with van der Waals surface area (Å²) in [5, 5.41) is 12.6. The Bertz CT molecular complexity index is 432. The van der Waals surface area contributed by atoms with Crippen molar-refractivity contribution in [3.63, 3.8) is 0 Å². The van der Waals surface area contributed by atoms with Crippen LogP contribution in [0.25, 0.3) is 0 Å². The zero-order chi connectivity index (χ0) is 16.0. The van der Waals surface area contributed by atoms with Crippen LogP contribution in [0, 0.1) is 0 Å². The van der Waals surface area contributed by atoms with Gasteiger partial charge in [-0.05, 0) is 33.3 Å². The third kappa shape index (κ3) is 5.38. The molecule has 118 valence electrons. The van der Waals surface area contributed by atoms with Gasteiger partial charge in [-0.1, -0.05) is 37.3 Å². The average Bonchev–Trinajstić information content (AvgIpc) is 2.44. The first-order chi connectivity index (χ1) is 9.82. The summed E-state index contributed by atoms with van der Waals surface area (Å²) in [5.41, 5.74) is 1.21. The number of benzene rings is 1. The first-order valence-electron chi connectivity index (χ1n) is 7.63. The Balaban J connectivity index is 2.67. The van der Waals surface area contributed by atoms with E-state index in [1.807, 2.05) is 39.0 Å². The second-order valence-corrected chi connectivity index (χ2v) is 6.03. The topological polar surface area (TPSA) is 52.6 Å². The molecule has 2 N–H and O–H groups in total. The third-order valence-corrected chi connectivity index (χ3v) is 3.77. The summed E-state index contributed by atoms with van der Waals surface area (Å²) in [7, 11) is 0. The molecular formula is C17H28N2O2. The molecule has 3 atom stereocenters. The summed E-state index contributed by atoms with van der Waals surface area (Å²) in [6.45, 7) is 10.1. The van der Waals surface area contributed by atoms with Crippen LogP contribution in [0.3, 0.4) is 0 Å². The van der Waals surface area contributed by atoms with Gasteiger partial charge in [0.15, 0.2) is 0 Å². The van der Waals surface area contributed by atoms with Crippen molar-refractivity contribution in [2.45, 2.75) is 58.7 Å². The van der Waals surface area contributed by atoms with Gasteiger partial charge < -0.3 is 15.3 Å². The van der Waals surface area contributed by atoms with Crippen molar-refractivity contribution < 1.29 is 9.90 Å². The molecule has 4 heteroatoms. The number of aliphatic hydroxyl groups is 1. The minimum Gasteiger partial charge on any atom is -0.392 e. The summed E-state index contributed by atoms with van der Waals surface area (Å²) in [6, 6.07) is 10.1. The molecule has 0 aliphatic heterocycles. The Morgan fingerprint density at radius 2 is 1.71 bits per heavy atom. The molecule has 21 heavy (non-hydrogen) atoms. The monoisotopic (exact) mass is 292 g/mol. The molecular weight excluding hydrogens is 264 g/mol. The predicted molar refractivity (Wildman–Crippen MR) is 86.4 cm³/mol. The Morgan fingerprint density at radius 1 is 1.14 bits per heavy atom. The number of aliphatic hydroxyl groups excluding tert-OH is 1. The number of amides is 2. The molecule has 1 rings (SSSR count). The van der Waals surface area contributed by atoms with E-state index in [4.69, 9.17) is 0 Å². The number of carbonyl (C=O) groups excluding carboxylic acids is 1. The van der Waals surface area contributed by atoms with E-state index in [9.17, 15) is 9.90 Å². The van der Waals surface area contributed by atoms with Gasteiger partial charge in [-0.25, -0.2) is 4.79 Å². The number of hydrogen-bond acceptors (Lipinski definition) is 2. The third-order valence-electron chi connectivity index (χ3n) is 3.77. The van der Waals surface area contributed by atoms with Gasteiger partial charge in [0.1, 0.15) is 0 Å². The lowest BCUT2D eigenvalue weighted by Gasteiger charge is -2.31. The van der Waals surface area contributed by atoms with Crippen molar-refractivity contribution in [3.8, 4) is 0 Å². The van der Waals surface area contributed by atoms with Crippen LogP contribution in [0.4, 0.5) is 4.79 Å². The number of hydrogen-bond donors (Lipinski definition) is 2. The Labute approximate surface area is 128 Å². The lowest BCUT2D eigenvalue weighted by Crippen LogP contribution is -2.50. The minimum absolute atomic E-state index is 0.0233. The molecule has 0 saturated carbocycles. The molecule has 0 radical (unpaired) electrons. The maximum Gasteiger partial charge on any atom is 0.317 e. The Hall–Kier alpha value is -1.55. The fourth-order valence-electron chi connectivity index (χ4n) is 2.26. The van der Waals surface area contributed by atoms with Gasteiger partial charge >= 0.3 is 6.03 Å². The smallest absolute Gasteiger partial charge is 0.317 e. The molecule has 2 amide bonds. The molecule has 0 spiro atoms. The van der Waals surface area contributed by atoms with Crippen LogP contribution < -0.4 is 5.32 Å². The first-order valence-corrected chi connectivity index (χ1v) is 7.63. The molecule has 0 aliphatic carbocycles. The molecule has 0 bridgehead atoms. The second kappa shape index (κ2) is 8.03. The largest absolute Gasteiger partial charge is 0.392 e. The zero-order valence-electron chi connectivity index (χ0n) is 13.7. The summed E-state index contributed by atoms with van der Waals surface area (Å²) < 4.78 is 0. The highest BCUT2D eigenvalue weighted by molar-refractivity contribution is 5.75. The molecule has 0 aromatic heterocycles. The van der Waals surface area contributed by atoms with E-state index in [0.29, 0.717) is 6.54 Å². The van der Waals surface area contributed by atoms with Crippen molar-refractivity contribution in [1.82, 2.24) is 10.2 Å². The molecule has 1 aromatic rings. The highest BCUT2D eigenvalue weighted by atomic mass is 16.3. The second-order valence-electron chi connectivity index (χ2n) is 6.03. The Morgan fingerprint density at radius 3 is 2.19 bits per heavy atom. The molecule has 4 nitrogen and oxygen atoms in total. The van der Waals surface area contributed by atoms with Crippen LogP contribution in [0.2, 0.25) is 0 Å². The van der Waals surface area contributed by atoms with Crippen molar-refractivity contribution in [3.05, 3.63) is 35.9 Å². The highest BCUT2D eigenvalue weighted by Crippen LogP contribution is 2.18. The van der Waals surface area contributed by atoms with Crippen molar-refractivity contribution in [2.24, 2.45) is 0 Å². The van der Waals surface area contributed by atoms with Gasteiger partial charge in [0.2, 0.25) is 0 Å². The molecule has 0 fully saturated rings. The maximum atomic E-state index is 12.4. The number of urea groups is 1. The quantitative estimate of drug-likeness (QED) is 0.847. The van der Waals surface area contributed by atoms with Gasteiger partial charge in [0, 0.05) is 24.5 Å². The van der Waals surface area contributed by atoms with Gasteiger partial charge in [-0.15, -0.1) is 0 Å². The molecule has 1 aromatic carbocycles. The van der Waals surface area contributed by atoms with Crippen molar-refractivity contribution in [2.75, 3.05) is 6.54 Å². The highest BCUT2D eigenvalue weighted by Gasteiger charge is 2.22. The van der Waals surface area contributed by atoms with Crippen molar-refractivity contribution in [1.29, 1.82) is 0 Å². The normalized spacial score (nSPS) is 15.4. The van der Waals surface area contributed by atoms with E-state index < -0.39 is 6.10 Å². The van der Waals surface area contributed by atoms with E-state index in [2.05, 4.69) is 24.4 Å². The summed E-state index contributed by atoms with van der Waals surface area (Å²) in [6.07, 6.45) is -0.528. The minimum atomic E-state index is -0.528. The zero-order valence-corrected chi connectivity index (χ0v) is 13.7. The van der Waals surface area contributed by atoms with E-state index in [1.54, 1.807) is 11.8 Å².